The molecule has 3 rings (SSSR count). The molecule has 1 aromatic heterocycles. The van der Waals surface area contributed by atoms with Gasteiger partial charge < -0.3 is 5.32 Å². The molecule has 1 aromatic carbocycles. The standard InChI is InChI=1S/C15H16FN3S/c16-11-1-5-14(6-2-11)20-10-15-17-8-7-13(19-15)9-18-12-3-4-12/h1-2,5-8,12,18H,3-4,9-10H2. The summed E-state index contributed by atoms with van der Waals surface area (Å²) < 4.78 is 12.8. The topological polar surface area (TPSA) is 37.8 Å². The molecular weight excluding hydrogens is 273 g/mol. The second kappa shape index (κ2) is 6.33. The summed E-state index contributed by atoms with van der Waals surface area (Å²) in [6.45, 7) is 0.807. The summed E-state index contributed by atoms with van der Waals surface area (Å²) in [5.41, 5.74) is 1.03. The van der Waals surface area contributed by atoms with Crippen LogP contribution in [0.5, 0.6) is 0 Å². The third-order valence-corrected chi connectivity index (χ3v) is 4.10. The Morgan fingerprint density at radius 1 is 1.20 bits per heavy atom. The molecule has 1 aliphatic carbocycles. The third kappa shape index (κ3) is 4.02. The van der Waals surface area contributed by atoms with Crippen LogP contribution in [0.2, 0.25) is 0 Å². The molecule has 0 aliphatic heterocycles. The van der Waals surface area contributed by atoms with Crippen LogP contribution in [0.1, 0.15) is 24.4 Å². The monoisotopic (exact) mass is 289 g/mol. The van der Waals surface area contributed by atoms with Crippen LogP contribution < -0.4 is 5.32 Å². The Bertz CT molecular complexity index is 570. The van der Waals surface area contributed by atoms with Gasteiger partial charge in [0.1, 0.15) is 11.6 Å². The predicted molar refractivity (Wildman–Crippen MR) is 77.9 cm³/mol. The molecule has 2 aromatic rings. The van der Waals surface area contributed by atoms with Crippen molar-refractivity contribution in [3.05, 3.63) is 53.9 Å². The first kappa shape index (κ1) is 13.5. The summed E-state index contributed by atoms with van der Waals surface area (Å²) in [7, 11) is 0. The fourth-order valence-electron chi connectivity index (χ4n) is 1.82. The fraction of sp³-hybridized carbons (Fsp3) is 0.333. The zero-order valence-electron chi connectivity index (χ0n) is 11.1. The molecule has 0 saturated heterocycles. The van der Waals surface area contributed by atoms with E-state index < -0.39 is 0 Å². The van der Waals surface area contributed by atoms with Crippen LogP contribution in [0.15, 0.2) is 41.4 Å². The van der Waals surface area contributed by atoms with E-state index in [-0.39, 0.29) is 5.82 Å². The molecule has 0 bridgehead atoms. The maximum Gasteiger partial charge on any atom is 0.138 e. The molecule has 0 spiro atoms. The number of hydrogen-bond acceptors (Lipinski definition) is 4. The third-order valence-electron chi connectivity index (χ3n) is 3.09. The molecule has 1 heterocycles. The van der Waals surface area contributed by atoms with E-state index in [9.17, 15) is 4.39 Å². The molecule has 5 heteroatoms. The number of nitrogens with one attached hydrogen (secondary N) is 1. The van der Waals surface area contributed by atoms with Gasteiger partial charge in [0, 0.05) is 23.7 Å². The highest BCUT2D eigenvalue weighted by atomic mass is 32.2. The lowest BCUT2D eigenvalue weighted by Gasteiger charge is -2.05. The largest absolute Gasteiger partial charge is 0.308 e. The van der Waals surface area contributed by atoms with Crippen molar-refractivity contribution in [2.75, 3.05) is 0 Å². The van der Waals surface area contributed by atoms with Crippen molar-refractivity contribution in [2.45, 2.75) is 36.1 Å². The van der Waals surface area contributed by atoms with E-state index in [2.05, 4.69) is 15.3 Å². The smallest absolute Gasteiger partial charge is 0.138 e. The summed E-state index contributed by atoms with van der Waals surface area (Å²) in [5.74, 6) is 1.30. The van der Waals surface area contributed by atoms with Gasteiger partial charge in [-0.15, -0.1) is 11.8 Å². The minimum Gasteiger partial charge on any atom is -0.308 e. The van der Waals surface area contributed by atoms with Gasteiger partial charge in [0.15, 0.2) is 0 Å². The lowest BCUT2D eigenvalue weighted by atomic mass is 10.4. The second-order valence-corrected chi connectivity index (χ2v) is 5.91. The van der Waals surface area contributed by atoms with E-state index >= 15 is 0 Å². The molecule has 104 valence electrons. The van der Waals surface area contributed by atoms with Crippen molar-refractivity contribution in [1.82, 2.24) is 15.3 Å². The number of thioether (sulfide) groups is 1. The first-order valence-corrected chi connectivity index (χ1v) is 7.71. The predicted octanol–water partition coefficient (Wildman–Crippen LogP) is 3.16. The summed E-state index contributed by atoms with van der Waals surface area (Å²) in [4.78, 5) is 9.84. The Labute approximate surface area is 122 Å². The van der Waals surface area contributed by atoms with Gasteiger partial charge in [-0.2, -0.15) is 0 Å². The molecule has 20 heavy (non-hydrogen) atoms. The van der Waals surface area contributed by atoms with Gasteiger partial charge in [-0.05, 0) is 43.2 Å². The van der Waals surface area contributed by atoms with E-state index in [1.165, 1.54) is 25.0 Å². The molecular formula is C15H16FN3S. The van der Waals surface area contributed by atoms with E-state index in [0.717, 1.165) is 23.0 Å². The molecule has 1 saturated carbocycles. The molecule has 0 amide bonds. The zero-order valence-corrected chi connectivity index (χ0v) is 11.9. The normalized spacial score (nSPS) is 14.4. The lowest BCUT2D eigenvalue weighted by molar-refractivity contribution is 0.626. The van der Waals surface area contributed by atoms with Crippen LogP contribution in [0.4, 0.5) is 4.39 Å². The van der Waals surface area contributed by atoms with Gasteiger partial charge in [0.2, 0.25) is 0 Å². The Morgan fingerprint density at radius 2 is 2.00 bits per heavy atom. The number of hydrogen-bond donors (Lipinski definition) is 1. The van der Waals surface area contributed by atoms with Gasteiger partial charge in [-0.3, -0.25) is 0 Å². The first-order chi connectivity index (χ1) is 9.79. The number of halogens is 1. The molecule has 3 nitrogen and oxygen atoms in total. The average molecular weight is 289 g/mol. The highest BCUT2D eigenvalue weighted by Gasteiger charge is 2.20. The van der Waals surface area contributed by atoms with Gasteiger partial charge in [-0.1, -0.05) is 0 Å². The van der Waals surface area contributed by atoms with Crippen molar-refractivity contribution in [1.29, 1.82) is 0 Å². The summed E-state index contributed by atoms with van der Waals surface area (Å²) in [6, 6.07) is 9.12. The second-order valence-electron chi connectivity index (χ2n) is 4.86. The van der Waals surface area contributed by atoms with Crippen LogP contribution >= 0.6 is 11.8 Å². The Hall–Kier alpha value is -1.46. The summed E-state index contributed by atoms with van der Waals surface area (Å²) in [5, 5.41) is 3.44. The Balaban J connectivity index is 1.56. The van der Waals surface area contributed by atoms with E-state index in [4.69, 9.17) is 0 Å². The number of aromatic nitrogens is 2. The van der Waals surface area contributed by atoms with E-state index in [1.807, 2.05) is 6.07 Å². The maximum atomic E-state index is 12.8. The highest BCUT2D eigenvalue weighted by Crippen LogP contribution is 2.22. The van der Waals surface area contributed by atoms with Gasteiger partial charge in [0.05, 0.1) is 11.4 Å². The van der Waals surface area contributed by atoms with Crippen molar-refractivity contribution in [2.24, 2.45) is 0 Å². The molecule has 1 N–H and O–H groups in total. The molecule has 1 aliphatic rings. The summed E-state index contributed by atoms with van der Waals surface area (Å²) >= 11 is 1.62. The molecule has 0 atom stereocenters. The van der Waals surface area contributed by atoms with E-state index in [1.54, 1.807) is 30.1 Å². The average Bonchev–Trinajstić information content (AvgIpc) is 3.29. The Morgan fingerprint density at radius 3 is 2.75 bits per heavy atom. The lowest BCUT2D eigenvalue weighted by Crippen LogP contribution is -2.16. The van der Waals surface area contributed by atoms with E-state index in [0.29, 0.717) is 11.8 Å². The molecule has 0 radical (unpaired) electrons. The van der Waals surface area contributed by atoms with Gasteiger partial charge >= 0.3 is 0 Å². The maximum absolute atomic E-state index is 12.8. The Kier molecular flexibility index (Phi) is 4.28. The van der Waals surface area contributed by atoms with Gasteiger partial charge in [-0.25, -0.2) is 14.4 Å². The zero-order chi connectivity index (χ0) is 13.8. The minimum atomic E-state index is -0.209. The van der Waals surface area contributed by atoms with Crippen LogP contribution in [0.3, 0.4) is 0 Å². The quantitative estimate of drug-likeness (QED) is 0.829. The fourth-order valence-corrected chi connectivity index (χ4v) is 2.59. The van der Waals surface area contributed by atoms with Gasteiger partial charge in [0.25, 0.3) is 0 Å². The van der Waals surface area contributed by atoms with Crippen LogP contribution in [-0.2, 0) is 12.3 Å². The van der Waals surface area contributed by atoms with Crippen molar-refractivity contribution < 1.29 is 4.39 Å². The van der Waals surface area contributed by atoms with Crippen LogP contribution in [0, 0.1) is 5.82 Å². The van der Waals surface area contributed by atoms with Crippen LogP contribution in [0.25, 0.3) is 0 Å². The summed E-state index contributed by atoms with van der Waals surface area (Å²) in [6.07, 6.45) is 4.36. The van der Waals surface area contributed by atoms with Crippen molar-refractivity contribution in [3.8, 4) is 0 Å². The van der Waals surface area contributed by atoms with Crippen molar-refractivity contribution in [3.63, 3.8) is 0 Å². The molecule has 0 unspecified atom stereocenters. The van der Waals surface area contributed by atoms with Crippen LogP contribution in [-0.4, -0.2) is 16.0 Å². The molecule has 1 fully saturated rings. The first-order valence-electron chi connectivity index (χ1n) is 6.72. The van der Waals surface area contributed by atoms with Crippen molar-refractivity contribution >= 4 is 11.8 Å². The minimum absolute atomic E-state index is 0.209. The SMILES string of the molecule is Fc1ccc(SCc2nccc(CNC3CC3)n2)cc1. The highest BCUT2D eigenvalue weighted by molar-refractivity contribution is 7.98. The number of rotatable bonds is 6. The number of benzene rings is 1. The number of nitrogens with zero attached hydrogens (tertiary/aromatic N) is 2.